The number of nitrogens with two attached hydrogens (primary N) is 1. The Kier molecular flexibility index (Phi) is 4.47. The lowest BCUT2D eigenvalue weighted by Crippen LogP contribution is -2.09. The van der Waals surface area contributed by atoms with Gasteiger partial charge in [-0.3, -0.25) is 4.79 Å². The van der Waals surface area contributed by atoms with Gasteiger partial charge in [0.15, 0.2) is 0 Å². The van der Waals surface area contributed by atoms with Gasteiger partial charge in [0.25, 0.3) is 5.91 Å². The molecule has 0 bridgehead atoms. The third-order valence-corrected chi connectivity index (χ3v) is 3.49. The fourth-order valence-corrected chi connectivity index (χ4v) is 2.23. The number of amides is 1. The van der Waals surface area contributed by atoms with E-state index in [0.717, 1.165) is 16.9 Å². The van der Waals surface area contributed by atoms with E-state index in [1.165, 1.54) is 6.07 Å². The van der Waals surface area contributed by atoms with Crippen molar-refractivity contribution in [3.05, 3.63) is 65.9 Å². The summed E-state index contributed by atoms with van der Waals surface area (Å²) in [4.78, 5) is 11.0. The summed E-state index contributed by atoms with van der Waals surface area (Å²) in [5, 5.41) is 3.82. The summed E-state index contributed by atoms with van der Waals surface area (Å²) in [6.45, 7) is 0.402. The zero-order valence-electron chi connectivity index (χ0n) is 13.1. The Morgan fingerprint density at radius 3 is 2.58 bits per heavy atom. The number of benzene rings is 2. The second-order valence-electron chi connectivity index (χ2n) is 5.07. The van der Waals surface area contributed by atoms with Crippen molar-refractivity contribution < 1.29 is 18.8 Å². The van der Waals surface area contributed by atoms with Crippen molar-refractivity contribution in [2.24, 2.45) is 5.73 Å². The Labute approximate surface area is 138 Å². The minimum Gasteiger partial charge on any atom is -0.496 e. The maximum absolute atomic E-state index is 11.0. The van der Waals surface area contributed by atoms with Gasteiger partial charge in [-0.15, -0.1) is 0 Å². The van der Waals surface area contributed by atoms with Gasteiger partial charge in [-0.25, -0.2) is 0 Å². The molecule has 0 atom stereocenters. The highest BCUT2D eigenvalue weighted by atomic mass is 16.5. The highest BCUT2D eigenvalue weighted by molar-refractivity contribution is 5.90. The van der Waals surface area contributed by atoms with E-state index in [1.54, 1.807) is 7.11 Å². The maximum atomic E-state index is 11.0. The normalized spacial score (nSPS) is 10.4. The molecule has 122 valence electrons. The molecule has 1 aromatic heterocycles. The van der Waals surface area contributed by atoms with E-state index in [1.807, 2.05) is 48.5 Å². The van der Waals surface area contributed by atoms with Crippen molar-refractivity contribution in [2.45, 2.75) is 6.61 Å². The first-order valence-corrected chi connectivity index (χ1v) is 7.29. The van der Waals surface area contributed by atoms with Crippen LogP contribution in [0.3, 0.4) is 0 Å². The molecule has 3 aromatic rings. The number of para-hydroxylation sites is 1. The molecule has 0 aliphatic rings. The van der Waals surface area contributed by atoms with Crippen LogP contribution >= 0.6 is 0 Å². The number of hydrogen-bond donors (Lipinski definition) is 1. The largest absolute Gasteiger partial charge is 0.496 e. The highest BCUT2D eigenvalue weighted by Crippen LogP contribution is 2.24. The van der Waals surface area contributed by atoms with Crippen molar-refractivity contribution in [1.29, 1.82) is 0 Å². The monoisotopic (exact) mass is 324 g/mol. The first kappa shape index (κ1) is 15.6. The summed E-state index contributed by atoms with van der Waals surface area (Å²) < 4.78 is 15.9. The van der Waals surface area contributed by atoms with Gasteiger partial charge in [0.2, 0.25) is 5.76 Å². The van der Waals surface area contributed by atoms with E-state index in [-0.39, 0.29) is 5.76 Å². The molecule has 0 spiro atoms. The lowest BCUT2D eigenvalue weighted by atomic mass is 10.1. The number of primary amides is 1. The summed E-state index contributed by atoms with van der Waals surface area (Å²) in [5.74, 6) is 0.881. The van der Waals surface area contributed by atoms with E-state index >= 15 is 0 Å². The number of rotatable bonds is 6. The fraction of sp³-hybridized carbons (Fsp3) is 0.111. The second-order valence-corrected chi connectivity index (χ2v) is 5.07. The number of aromatic nitrogens is 1. The molecule has 0 radical (unpaired) electrons. The Morgan fingerprint density at radius 1 is 1.17 bits per heavy atom. The number of nitrogens with zero attached hydrogens (tertiary/aromatic N) is 1. The molecule has 6 heteroatoms. The van der Waals surface area contributed by atoms with E-state index in [2.05, 4.69) is 5.16 Å². The Morgan fingerprint density at radius 2 is 1.92 bits per heavy atom. The minimum atomic E-state index is -0.648. The van der Waals surface area contributed by atoms with Crippen molar-refractivity contribution in [3.8, 4) is 22.8 Å². The van der Waals surface area contributed by atoms with Gasteiger partial charge < -0.3 is 19.7 Å². The zero-order valence-corrected chi connectivity index (χ0v) is 13.1. The van der Waals surface area contributed by atoms with Crippen LogP contribution in [0.1, 0.15) is 16.1 Å². The standard InChI is InChI=1S/C18H16N2O4/c1-22-16-5-3-2-4-13(16)11-23-14-8-6-12(7-9-14)15-10-17(18(19)21)24-20-15/h2-10H,11H2,1H3,(H2,19,21). The summed E-state index contributed by atoms with van der Waals surface area (Å²) >= 11 is 0. The van der Waals surface area contributed by atoms with Gasteiger partial charge in [-0.05, 0) is 30.3 Å². The van der Waals surface area contributed by atoms with E-state index in [9.17, 15) is 4.79 Å². The summed E-state index contributed by atoms with van der Waals surface area (Å²) in [6, 6.07) is 16.5. The fourth-order valence-electron chi connectivity index (χ4n) is 2.23. The van der Waals surface area contributed by atoms with Crippen molar-refractivity contribution in [1.82, 2.24) is 5.16 Å². The van der Waals surface area contributed by atoms with Crippen molar-refractivity contribution >= 4 is 5.91 Å². The molecule has 1 heterocycles. The first-order valence-electron chi connectivity index (χ1n) is 7.29. The number of hydrogen-bond acceptors (Lipinski definition) is 5. The number of carbonyl (C=O) groups is 1. The molecule has 3 rings (SSSR count). The molecule has 0 fully saturated rings. The van der Waals surface area contributed by atoms with Gasteiger partial charge in [0.1, 0.15) is 23.8 Å². The van der Waals surface area contributed by atoms with Crippen LogP contribution < -0.4 is 15.2 Å². The SMILES string of the molecule is COc1ccccc1COc1ccc(-c2cc(C(N)=O)on2)cc1. The molecule has 0 saturated heterocycles. The smallest absolute Gasteiger partial charge is 0.287 e. The highest BCUT2D eigenvalue weighted by Gasteiger charge is 2.11. The van der Waals surface area contributed by atoms with Crippen LogP contribution in [0.25, 0.3) is 11.3 Å². The van der Waals surface area contributed by atoms with Gasteiger partial charge in [-0.1, -0.05) is 23.4 Å². The third kappa shape index (κ3) is 3.38. The van der Waals surface area contributed by atoms with Gasteiger partial charge in [0, 0.05) is 17.2 Å². The van der Waals surface area contributed by atoms with Crippen LogP contribution in [0.2, 0.25) is 0 Å². The molecule has 0 aliphatic heterocycles. The molecule has 0 unspecified atom stereocenters. The summed E-state index contributed by atoms with van der Waals surface area (Å²) in [6.07, 6.45) is 0. The van der Waals surface area contributed by atoms with Crippen LogP contribution in [0.4, 0.5) is 0 Å². The quantitative estimate of drug-likeness (QED) is 0.753. The number of carbonyl (C=O) groups excluding carboxylic acids is 1. The lowest BCUT2D eigenvalue weighted by molar-refractivity contribution is 0.0965. The predicted molar refractivity (Wildman–Crippen MR) is 87.8 cm³/mol. The van der Waals surface area contributed by atoms with Crippen LogP contribution in [0, 0.1) is 0 Å². The average molecular weight is 324 g/mol. The second kappa shape index (κ2) is 6.87. The van der Waals surface area contributed by atoms with E-state index < -0.39 is 5.91 Å². The van der Waals surface area contributed by atoms with Crippen molar-refractivity contribution in [2.75, 3.05) is 7.11 Å². The van der Waals surface area contributed by atoms with Crippen LogP contribution in [-0.2, 0) is 6.61 Å². The number of methoxy groups -OCH3 is 1. The summed E-state index contributed by atoms with van der Waals surface area (Å²) in [5.41, 5.74) is 7.45. The third-order valence-electron chi connectivity index (χ3n) is 3.49. The molecule has 0 saturated carbocycles. The topological polar surface area (TPSA) is 87.6 Å². The van der Waals surface area contributed by atoms with Crippen LogP contribution in [0.15, 0.2) is 59.1 Å². The van der Waals surface area contributed by atoms with Gasteiger partial charge in [-0.2, -0.15) is 0 Å². The molecule has 24 heavy (non-hydrogen) atoms. The maximum Gasteiger partial charge on any atom is 0.287 e. The Bertz CT molecular complexity index is 840. The molecular formula is C18H16N2O4. The van der Waals surface area contributed by atoms with E-state index in [4.69, 9.17) is 19.7 Å². The predicted octanol–water partition coefficient (Wildman–Crippen LogP) is 3.03. The molecule has 2 aromatic carbocycles. The van der Waals surface area contributed by atoms with Crippen LogP contribution in [-0.4, -0.2) is 18.2 Å². The minimum absolute atomic E-state index is 0.0292. The van der Waals surface area contributed by atoms with Gasteiger partial charge >= 0.3 is 0 Å². The van der Waals surface area contributed by atoms with E-state index in [0.29, 0.717) is 18.1 Å². The average Bonchev–Trinajstić information content (AvgIpc) is 3.11. The lowest BCUT2D eigenvalue weighted by Gasteiger charge is -2.10. The Hall–Kier alpha value is -3.28. The summed E-state index contributed by atoms with van der Waals surface area (Å²) in [7, 11) is 1.63. The molecule has 1 amide bonds. The molecule has 0 aliphatic carbocycles. The molecular weight excluding hydrogens is 308 g/mol. The number of ether oxygens (including phenoxy) is 2. The molecule has 2 N–H and O–H groups in total. The first-order chi connectivity index (χ1) is 11.7. The zero-order chi connectivity index (χ0) is 16.9. The Balaban J connectivity index is 1.69. The molecule has 6 nitrogen and oxygen atoms in total. The van der Waals surface area contributed by atoms with Crippen LogP contribution in [0.5, 0.6) is 11.5 Å². The van der Waals surface area contributed by atoms with Crippen molar-refractivity contribution in [3.63, 3.8) is 0 Å². The van der Waals surface area contributed by atoms with Gasteiger partial charge in [0.05, 0.1) is 7.11 Å².